The lowest BCUT2D eigenvalue weighted by Crippen LogP contribution is -1.90. The van der Waals surface area contributed by atoms with Crippen molar-refractivity contribution in [1.29, 1.82) is 0 Å². The molecule has 0 unspecified atom stereocenters. The van der Waals surface area contributed by atoms with Crippen molar-refractivity contribution in [3.05, 3.63) is 25.7 Å². The number of anilines is 1. The van der Waals surface area contributed by atoms with E-state index >= 15 is 0 Å². The van der Waals surface area contributed by atoms with Crippen molar-refractivity contribution in [2.75, 3.05) is 5.73 Å². The summed E-state index contributed by atoms with van der Waals surface area (Å²) in [6, 6.07) is 3.98. The number of nitrogen functional groups attached to an aromatic ring is 1. The van der Waals surface area contributed by atoms with E-state index in [2.05, 4.69) is 38.5 Å². The van der Waals surface area contributed by atoms with Gasteiger partial charge in [0, 0.05) is 13.7 Å². The van der Waals surface area contributed by atoms with Crippen molar-refractivity contribution in [2.45, 2.75) is 6.92 Å². The van der Waals surface area contributed by atoms with Gasteiger partial charge in [0.2, 0.25) is 0 Å². The highest BCUT2D eigenvalue weighted by Gasteiger charge is 1.98. The van der Waals surface area contributed by atoms with Crippen LogP contribution in [0.3, 0.4) is 0 Å². The summed E-state index contributed by atoms with van der Waals surface area (Å²) < 4.78 is 2.26. The second kappa shape index (κ2) is 3.09. The number of hydrogen-bond donors (Lipinski definition) is 1. The topological polar surface area (TPSA) is 26.0 Å². The fourth-order valence-electron chi connectivity index (χ4n) is 0.662. The standard InChI is InChI=1S/C7H7BrIN/c1-4-2-5(8)6(9)3-7(4)10/h2-3H,10H2,1H3. The Labute approximate surface area is 82.3 Å². The smallest absolute Gasteiger partial charge is 0.0355 e. The molecule has 0 aliphatic heterocycles. The predicted octanol–water partition coefficient (Wildman–Crippen LogP) is 2.94. The highest BCUT2D eigenvalue weighted by atomic mass is 127. The van der Waals surface area contributed by atoms with Gasteiger partial charge in [-0.05, 0) is 63.1 Å². The summed E-state index contributed by atoms with van der Waals surface area (Å²) in [6.07, 6.45) is 0. The lowest BCUT2D eigenvalue weighted by Gasteiger charge is -2.01. The lowest BCUT2D eigenvalue weighted by molar-refractivity contribution is 1.43. The van der Waals surface area contributed by atoms with Crippen LogP contribution in [-0.4, -0.2) is 0 Å². The van der Waals surface area contributed by atoms with Gasteiger partial charge in [0.1, 0.15) is 0 Å². The zero-order valence-electron chi connectivity index (χ0n) is 5.49. The summed E-state index contributed by atoms with van der Waals surface area (Å²) in [5.41, 5.74) is 7.64. The van der Waals surface area contributed by atoms with E-state index in [4.69, 9.17) is 5.73 Å². The first-order valence-corrected chi connectivity index (χ1v) is 4.69. The molecular weight excluding hydrogens is 305 g/mol. The molecule has 0 saturated heterocycles. The summed E-state index contributed by atoms with van der Waals surface area (Å²) in [6.45, 7) is 2.00. The van der Waals surface area contributed by atoms with Crippen LogP contribution >= 0.6 is 38.5 Å². The molecule has 0 spiro atoms. The molecule has 0 saturated carbocycles. The Kier molecular flexibility index (Phi) is 2.57. The second-order valence-corrected chi connectivity index (χ2v) is 4.14. The summed E-state index contributed by atoms with van der Waals surface area (Å²) in [4.78, 5) is 0. The van der Waals surface area contributed by atoms with Gasteiger partial charge in [-0.2, -0.15) is 0 Å². The maximum atomic E-state index is 5.66. The SMILES string of the molecule is Cc1cc(Br)c(I)cc1N. The largest absolute Gasteiger partial charge is 0.398 e. The minimum Gasteiger partial charge on any atom is -0.398 e. The molecule has 54 valence electrons. The predicted molar refractivity (Wildman–Crippen MR) is 56.0 cm³/mol. The Morgan fingerprint density at radius 2 is 2.10 bits per heavy atom. The van der Waals surface area contributed by atoms with Crippen LogP contribution in [0.15, 0.2) is 16.6 Å². The van der Waals surface area contributed by atoms with E-state index in [0.717, 1.165) is 19.3 Å². The van der Waals surface area contributed by atoms with Gasteiger partial charge in [-0.15, -0.1) is 0 Å². The quantitative estimate of drug-likeness (QED) is 0.578. The molecule has 1 nitrogen and oxygen atoms in total. The minimum absolute atomic E-state index is 0.854. The fraction of sp³-hybridized carbons (Fsp3) is 0.143. The normalized spacial score (nSPS) is 9.90. The van der Waals surface area contributed by atoms with Gasteiger partial charge in [0.25, 0.3) is 0 Å². The van der Waals surface area contributed by atoms with Crippen molar-refractivity contribution in [3.8, 4) is 0 Å². The Balaban J connectivity index is 3.28. The molecular formula is C7H7BrIN. The van der Waals surface area contributed by atoms with Crippen molar-refractivity contribution in [2.24, 2.45) is 0 Å². The summed E-state index contributed by atoms with van der Waals surface area (Å²) >= 11 is 5.66. The molecule has 0 fully saturated rings. The van der Waals surface area contributed by atoms with E-state index in [1.165, 1.54) is 0 Å². The summed E-state index contributed by atoms with van der Waals surface area (Å²) in [7, 11) is 0. The average molecular weight is 312 g/mol. The van der Waals surface area contributed by atoms with Crippen LogP contribution in [0.1, 0.15) is 5.56 Å². The molecule has 1 aromatic rings. The number of halogens is 2. The third-order valence-electron chi connectivity index (χ3n) is 1.31. The maximum Gasteiger partial charge on any atom is 0.0355 e. The molecule has 0 radical (unpaired) electrons. The molecule has 0 heterocycles. The van der Waals surface area contributed by atoms with E-state index < -0.39 is 0 Å². The van der Waals surface area contributed by atoms with Crippen LogP contribution in [0.25, 0.3) is 0 Å². The first kappa shape index (κ1) is 8.33. The Morgan fingerprint density at radius 3 is 2.60 bits per heavy atom. The summed E-state index contributed by atoms with van der Waals surface area (Å²) in [5.74, 6) is 0. The first-order valence-electron chi connectivity index (χ1n) is 2.82. The van der Waals surface area contributed by atoms with Crippen LogP contribution in [-0.2, 0) is 0 Å². The van der Waals surface area contributed by atoms with E-state index in [0.29, 0.717) is 0 Å². The van der Waals surface area contributed by atoms with Gasteiger partial charge in [0.15, 0.2) is 0 Å². The Bertz CT molecular complexity index is 210. The van der Waals surface area contributed by atoms with Crippen LogP contribution in [0.5, 0.6) is 0 Å². The molecule has 0 aliphatic rings. The maximum absolute atomic E-state index is 5.66. The highest BCUT2D eigenvalue weighted by molar-refractivity contribution is 14.1. The van der Waals surface area contributed by atoms with E-state index in [-0.39, 0.29) is 0 Å². The monoisotopic (exact) mass is 311 g/mol. The number of benzene rings is 1. The lowest BCUT2D eigenvalue weighted by atomic mass is 10.2. The van der Waals surface area contributed by atoms with Crippen molar-refractivity contribution < 1.29 is 0 Å². The second-order valence-electron chi connectivity index (χ2n) is 2.12. The fourth-order valence-corrected chi connectivity index (χ4v) is 1.61. The number of aryl methyl sites for hydroxylation is 1. The number of hydrogen-bond acceptors (Lipinski definition) is 1. The molecule has 0 bridgehead atoms. The Hall–Kier alpha value is 0.230. The van der Waals surface area contributed by atoms with Gasteiger partial charge in [-0.1, -0.05) is 0 Å². The van der Waals surface area contributed by atoms with Gasteiger partial charge < -0.3 is 5.73 Å². The van der Waals surface area contributed by atoms with E-state index in [1.54, 1.807) is 0 Å². The molecule has 0 aliphatic carbocycles. The van der Waals surface area contributed by atoms with Crippen molar-refractivity contribution in [3.63, 3.8) is 0 Å². The minimum atomic E-state index is 0.854. The third-order valence-corrected chi connectivity index (χ3v) is 3.60. The van der Waals surface area contributed by atoms with Crippen molar-refractivity contribution >= 4 is 44.2 Å². The zero-order valence-corrected chi connectivity index (χ0v) is 9.23. The Morgan fingerprint density at radius 1 is 1.50 bits per heavy atom. The zero-order chi connectivity index (χ0) is 7.72. The number of nitrogens with two attached hydrogens (primary N) is 1. The van der Waals surface area contributed by atoms with Crippen LogP contribution in [0, 0.1) is 10.5 Å². The van der Waals surface area contributed by atoms with Crippen molar-refractivity contribution in [1.82, 2.24) is 0 Å². The van der Waals surface area contributed by atoms with Gasteiger partial charge in [0.05, 0.1) is 0 Å². The average Bonchev–Trinajstić information content (AvgIpc) is 1.84. The van der Waals surface area contributed by atoms with Crippen LogP contribution in [0.2, 0.25) is 0 Å². The molecule has 10 heavy (non-hydrogen) atoms. The highest BCUT2D eigenvalue weighted by Crippen LogP contribution is 2.24. The van der Waals surface area contributed by atoms with E-state index in [1.807, 2.05) is 19.1 Å². The first-order chi connectivity index (χ1) is 4.61. The molecule has 0 atom stereocenters. The number of rotatable bonds is 0. The summed E-state index contributed by atoms with van der Waals surface area (Å²) in [5, 5.41) is 0. The molecule has 0 aromatic heterocycles. The molecule has 3 heteroatoms. The van der Waals surface area contributed by atoms with Gasteiger partial charge in [-0.25, -0.2) is 0 Å². The van der Waals surface area contributed by atoms with Crippen LogP contribution < -0.4 is 5.73 Å². The van der Waals surface area contributed by atoms with Gasteiger partial charge in [-0.3, -0.25) is 0 Å². The molecule has 1 rings (SSSR count). The third kappa shape index (κ3) is 1.63. The van der Waals surface area contributed by atoms with E-state index in [9.17, 15) is 0 Å². The van der Waals surface area contributed by atoms with Gasteiger partial charge >= 0.3 is 0 Å². The van der Waals surface area contributed by atoms with Crippen LogP contribution in [0.4, 0.5) is 5.69 Å². The molecule has 2 N–H and O–H groups in total. The molecule has 1 aromatic carbocycles. The molecule has 0 amide bonds.